The van der Waals surface area contributed by atoms with Crippen LogP contribution in [0.1, 0.15) is 49.4 Å². The molecular formula is C23H33N7O4. The summed E-state index contributed by atoms with van der Waals surface area (Å²) < 4.78 is 0. The van der Waals surface area contributed by atoms with E-state index in [-0.39, 0.29) is 23.5 Å². The third-order valence-corrected chi connectivity index (χ3v) is 5.13. The number of nitrogens with two attached hydrogens (primary N) is 1. The van der Waals surface area contributed by atoms with Crippen LogP contribution in [0.5, 0.6) is 0 Å². The van der Waals surface area contributed by atoms with Gasteiger partial charge < -0.3 is 26.8 Å². The lowest BCUT2D eigenvalue weighted by Crippen LogP contribution is -2.45. The molecular weight excluding hydrogens is 438 g/mol. The van der Waals surface area contributed by atoms with Crippen molar-refractivity contribution in [2.45, 2.75) is 52.6 Å². The van der Waals surface area contributed by atoms with Crippen LogP contribution in [-0.4, -0.2) is 63.6 Å². The Morgan fingerprint density at radius 1 is 1.15 bits per heavy atom. The van der Waals surface area contributed by atoms with Gasteiger partial charge in [-0.05, 0) is 51.3 Å². The minimum absolute atomic E-state index is 0.0559. The fourth-order valence-corrected chi connectivity index (χ4v) is 3.13. The monoisotopic (exact) mass is 471 g/mol. The zero-order chi connectivity index (χ0) is 25.4. The van der Waals surface area contributed by atoms with Gasteiger partial charge in [0.15, 0.2) is 11.5 Å². The second-order valence-electron chi connectivity index (χ2n) is 8.17. The summed E-state index contributed by atoms with van der Waals surface area (Å²) in [4.78, 5) is 45.1. The Morgan fingerprint density at radius 3 is 2.44 bits per heavy atom. The van der Waals surface area contributed by atoms with Crippen LogP contribution in [0.15, 0.2) is 24.3 Å². The molecule has 0 saturated carbocycles. The van der Waals surface area contributed by atoms with Crippen LogP contribution in [0, 0.1) is 0 Å². The van der Waals surface area contributed by atoms with Gasteiger partial charge in [0.2, 0.25) is 5.91 Å². The van der Waals surface area contributed by atoms with Crippen molar-refractivity contribution >= 4 is 35.2 Å². The van der Waals surface area contributed by atoms with E-state index in [9.17, 15) is 14.4 Å². The topological polar surface area (TPSA) is 163 Å². The summed E-state index contributed by atoms with van der Waals surface area (Å²) >= 11 is 0. The maximum atomic E-state index is 12.2. The average Bonchev–Trinajstić information content (AvgIpc) is 2.77. The molecule has 1 atom stereocenters. The summed E-state index contributed by atoms with van der Waals surface area (Å²) in [5, 5.41) is 18.1. The Morgan fingerprint density at radius 2 is 1.85 bits per heavy atom. The molecule has 1 aromatic carbocycles. The number of anilines is 3. The minimum atomic E-state index is -1.17. The molecule has 34 heavy (non-hydrogen) atoms. The summed E-state index contributed by atoms with van der Waals surface area (Å²) in [6, 6.07) is 6.76. The van der Waals surface area contributed by atoms with E-state index in [1.54, 1.807) is 0 Å². The molecule has 0 fully saturated rings. The van der Waals surface area contributed by atoms with Crippen molar-refractivity contribution in [1.82, 2.24) is 20.2 Å². The Bertz CT molecular complexity index is 1040. The number of aromatic nitrogens is 2. The average molecular weight is 472 g/mol. The van der Waals surface area contributed by atoms with Crippen molar-refractivity contribution < 1.29 is 19.5 Å². The first-order chi connectivity index (χ1) is 16.0. The first-order valence-corrected chi connectivity index (χ1v) is 11.1. The maximum Gasteiger partial charge on any atom is 0.407 e. The smallest absolute Gasteiger partial charge is 0.407 e. The van der Waals surface area contributed by atoms with Crippen LogP contribution in [-0.2, 0) is 17.6 Å². The van der Waals surface area contributed by atoms with Gasteiger partial charge in [0.1, 0.15) is 11.9 Å². The number of rotatable bonds is 11. The molecule has 2 rings (SSSR count). The number of primary amides is 1. The largest absolute Gasteiger partial charge is 0.465 e. The predicted octanol–water partition coefficient (Wildman–Crippen LogP) is 2.36. The standard InChI is InChI=1S/C23H33N7O4/c1-6-17-20(26-13(2)3)29-21(18(28-17)19(24)31)27-16-9-7-8-15(12-16)10-11-25-22(32)14(4)30(5)23(33)34/h7-9,12-14H,6,10-11H2,1-5H3,(H2,24,31)(H,25,32)(H,33,34)(H2,26,27,29)/t14-/m0/s1. The Kier molecular flexibility index (Phi) is 9.17. The number of aryl methyl sites for hydroxylation is 1. The van der Waals surface area contributed by atoms with Crippen LogP contribution in [0.3, 0.4) is 0 Å². The van der Waals surface area contributed by atoms with E-state index in [0.717, 1.165) is 10.5 Å². The SMILES string of the molecule is CCc1nc(C(N)=O)c(Nc2cccc(CCNC(=O)[C@H](C)N(C)C(=O)O)c2)nc1NC(C)C. The zero-order valence-electron chi connectivity index (χ0n) is 20.2. The summed E-state index contributed by atoms with van der Waals surface area (Å²) in [7, 11) is 1.35. The fraction of sp³-hybridized carbons (Fsp3) is 0.435. The lowest BCUT2D eigenvalue weighted by molar-refractivity contribution is -0.124. The molecule has 11 nitrogen and oxygen atoms in total. The maximum absolute atomic E-state index is 12.2. The molecule has 0 bridgehead atoms. The number of hydrogen-bond acceptors (Lipinski definition) is 7. The van der Waals surface area contributed by atoms with Crippen molar-refractivity contribution in [1.29, 1.82) is 0 Å². The summed E-state index contributed by atoms with van der Waals surface area (Å²) in [6.45, 7) is 7.76. The van der Waals surface area contributed by atoms with E-state index in [1.165, 1.54) is 14.0 Å². The van der Waals surface area contributed by atoms with E-state index >= 15 is 0 Å². The van der Waals surface area contributed by atoms with E-state index in [4.69, 9.17) is 10.8 Å². The third kappa shape index (κ3) is 7.06. The first kappa shape index (κ1) is 26.4. The molecule has 0 aliphatic rings. The summed E-state index contributed by atoms with van der Waals surface area (Å²) in [6.07, 6.45) is -0.0581. The molecule has 3 amide bonds. The van der Waals surface area contributed by atoms with Crippen LogP contribution in [0.25, 0.3) is 0 Å². The highest BCUT2D eigenvalue weighted by Gasteiger charge is 2.21. The Balaban J connectivity index is 2.15. The summed E-state index contributed by atoms with van der Waals surface area (Å²) in [5.41, 5.74) is 7.86. The van der Waals surface area contributed by atoms with Crippen LogP contribution >= 0.6 is 0 Å². The first-order valence-electron chi connectivity index (χ1n) is 11.1. The molecule has 184 valence electrons. The van der Waals surface area contributed by atoms with Gasteiger partial charge >= 0.3 is 6.09 Å². The number of amides is 3. The van der Waals surface area contributed by atoms with E-state index < -0.39 is 18.0 Å². The molecule has 0 spiro atoms. The minimum Gasteiger partial charge on any atom is -0.465 e. The molecule has 0 unspecified atom stereocenters. The number of carbonyl (C=O) groups is 3. The number of hydrogen-bond donors (Lipinski definition) is 5. The van der Waals surface area contributed by atoms with Gasteiger partial charge in [0, 0.05) is 25.3 Å². The quantitative estimate of drug-likeness (QED) is 0.333. The molecule has 1 aromatic heterocycles. The second kappa shape index (κ2) is 11.8. The highest BCUT2D eigenvalue weighted by molar-refractivity contribution is 5.96. The van der Waals surface area contributed by atoms with Crippen molar-refractivity contribution in [3.63, 3.8) is 0 Å². The van der Waals surface area contributed by atoms with Crippen molar-refractivity contribution in [3.8, 4) is 0 Å². The van der Waals surface area contributed by atoms with Crippen LogP contribution in [0.2, 0.25) is 0 Å². The number of nitrogens with zero attached hydrogens (tertiary/aromatic N) is 3. The zero-order valence-corrected chi connectivity index (χ0v) is 20.2. The van der Waals surface area contributed by atoms with Crippen molar-refractivity contribution in [2.75, 3.05) is 24.2 Å². The normalized spacial score (nSPS) is 11.6. The number of likely N-dealkylation sites (N-methyl/N-ethyl adjacent to an activating group) is 1. The molecule has 0 aliphatic carbocycles. The van der Waals surface area contributed by atoms with E-state index in [0.29, 0.717) is 36.6 Å². The van der Waals surface area contributed by atoms with Gasteiger partial charge in [0.25, 0.3) is 5.91 Å². The number of carbonyl (C=O) groups excluding carboxylic acids is 2. The van der Waals surface area contributed by atoms with Crippen molar-refractivity contribution in [2.24, 2.45) is 5.73 Å². The molecule has 0 aliphatic heterocycles. The fourth-order valence-electron chi connectivity index (χ4n) is 3.13. The second-order valence-corrected chi connectivity index (χ2v) is 8.17. The van der Waals surface area contributed by atoms with Crippen LogP contribution < -0.4 is 21.7 Å². The van der Waals surface area contributed by atoms with Crippen LogP contribution in [0.4, 0.5) is 22.1 Å². The predicted molar refractivity (Wildman–Crippen MR) is 130 cm³/mol. The molecule has 1 heterocycles. The van der Waals surface area contributed by atoms with Gasteiger partial charge in [-0.15, -0.1) is 0 Å². The van der Waals surface area contributed by atoms with Gasteiger partial charge in [-0.1, -0.05) is 19.1 Å². The number of nitrogens with one attached hydrogen (secondary N) is 3. The Hall–Kier alpha value is -3.89. The Labute approximate surface area is 199 Å². The highest BCUT2D eigenvalue weighted by Crippen LogP contribution is 2.23. The van der Waals surface area contributed by atoms with Gasteiger partial charge in [-0.3, -0.25) is 14.5 Å². The van der Waals surface area contributed by atoms with Gasteiger partial charge in [-0.2, -0.15) is 0 Å². The molecule has 2 aromatic rings. The van der Waals surface area contributed by atoms with Gasteiger partial charge in [0.05, 0.1) is 5.69 Å². The number of benzene rings is 1. The highest BCUT2D eigenvalue weighted by atomic mass is 16.4. The molecule has 11 heteroatoms. The lowest BCUT2D eigenvalue weighted by Gasteiger charge is -2.21. The molecule has 6 N–H and O–H groups in total. The van der Waals surface area contributed by atoms with E-state index in [2.05, 4.69) is 25.9 Å². The van der Waals surface area contributed by atoms with E-state index in [1.807, 2.05) is 45.0 Å². The van der Waals surface area contributed by atoms with Crippen molar-refractivity contribution in [3.05, 3.63) is 41.2 Å². The lowest BCUT2D eigenvalue weighted by atomic mass is 10.1. The van der Waals surface area contributed by atoms with Gasteiger partial charge in [-0.25, -0.2) is 14.8 Å². The third-order valence-electron chi connectivity index (χ3n) is 5.13. The molecule has 0 radical (unpaired) electrons. The molecule has 0 saturated heterocycles. The number of carboxylic acid groups (broad SMARTS) is 1. The summed E-state index contributed by atoms with van der Waals surface area (Å²) in [5.74, 6) is -0.213.